The molecule has 0 heterocycles. The van der Waals surface area contributed by atoms with Crippen LogP contribution in [0.4, 0.5) is 5.69 Å². The molecule has 0 aromatic heterocycles. The summed E-state index contributed by atoms with van der Waals surface area (Å²) in [5, 5.41) is 0. The predicted molar refractivity (Wildman–Crippen MR) is 79.1 cm³/mol. The van der Waals surface area contributed by atoms with Crippen LogP contribution in [0.5, 0.6) is 0 Å². The molecule has 0 saturated carbocycles. The molecule has 0 spiro atoms. The fourth-order valence-corrected chi connectivity index (χ4v) is 1.62. The summed E-state index contributed by atoms with van der Waals surface area (Å²) in [7, 11) is 0. The van der Waals surface area contributed by atoms with Gasteiger partial charge >= 0.3 is 0 Å². The van der Waals surface area contributed by atoms with E-state index in [1.54, 1.807) is 0 Å². The van der Waals surface area contributed by atoms with Gasteiger partial charge in [0.25, 0.3) is 0 Å². The predicted octanol–water partition coefficient (Wildman–Crippen LogP) is 3.37. The third kappa shape index (κ3) is 6.82. The first-order chi connectivity index (χ1) is 9.26. The van der Waals surface area contributed by atoms with E-state index in [0.717, 1.165) is 31.4 Å². The number of unbranched alkanes of at least 4 members (excludes halogenated alkanes) is 1. The molecule has 1 aromatic rings. The average Bonchev–Trinajstić information content (AvgIpc) is 2.43. The molecule has 1 rings (SSSR count). The minimum Gasteiger partial charge on any atom is -0.399 e. The molecule has 0 radical (unpaired) electrons. The fourth-order valence-electron chi connectivity index (χ4n) is 1.62. The lowest BCUT2D eigenvalue weighted by Gasteiger charge is -2.09. The Labute approximate surface area is 115 Å². The summed E-state index contributed by atoms with van der Waals surface area (Å²) in [5.74, 6) is 0. The highest BCUT2D eigenvalue weighted by molar-refractivity contribution is 5.46. The third-order valence-corrected chi connectivity index (χ3v) is 2.89. The van der Waals surface area contributed by atoms with Crippen molar-refractivity contribution in [3.05, 3.63) is 29.8 Å². The number of aliphatic imine (C=N–C) groups is 1. The van der Waals surface area contributed by atoms with Crippen molar-refractivity contribution < 1.29 is 9.78 Å². The van der Waals surface area contributed by atoms with Crippen molar-refractivity contribution in [1.29, 1.82) is 0 Å². The number of hydrogen-bond acceptors (Lipinski definition) is 4. The van der Waals surface area contributed by atoms with Gasteiger partial charge in [-0.25, -0.2) is 0 Å². The van der Waals surface area contributed by atoms with E-state index in [1.807, 2.05) is 24.3 Å². The van der Waals surface area contributed by atoms with Gasteiger partial charge in [0.2, 0.25) is 6.40 Å². The second-order valence-corrected chi connectivity index (χ2v) is 4.53. The molecule has 0 saturated heterocycles. The zero-order chi connectivity index (χ0) is 13.9. The molecule has 0 unspecified atom stereocenters. The Morgan fingerprint density at radius 2 is 2.00 bits per heavy atom. The second kappa shape index (κ2) is 9.39. The van der Waals surface area contributed by atoms with Gasteiger partial charge in [0.05, 0.1) is 12.6 Å². The van der Waals surface area contributed by atoms with E-state index in [4.69, 9.17) is 15.5 Å². The van der Waals surface area contributed by atoms with Crippen LogP contribution in [0.3, 0.4) is 0 Å². The maximum atomic E-state index is 5.66. The normalized spacial score (nSPS) is 12.7. The molecule has 1 aromatic carbocycles. The highest BCUT2D eigenvalue weighted by Gasteiger charge is 2.04. The van der Waals surface area contributed by atoms with Crippen molar-refractivity contribution in [2.24, 2.45) is 4.99 Å². The van der Waals surface area contributed by atoms with Crippen LogP contribution in [-0.4, -0.2) is 19.0 Å². The number of nitrogens with zero attached hydrogens (tertiary/aromatic N) is 1. The van der Waals surface area contributed by atoms with E-state index in [9.17, 15) is 0 Å². The van der Waals surface area contributed by atoms with Gasteiger partial charge in [-0.3, -0.25) is 4.99 Å². The van der Waals surface area contributed by atoms with Gasteiger partial charge in [-0.15, -0.1) is 0 Å². The molecule has 0 aliphatic rings. The molecule has 0 bridgehead atoms. The Bertz CT molecular complexity index is 363. The van der Waals surface area contributed by atoms with Crippen molar-refractivity contribution in [1.82, 2.24) is 0 Å². The number of hydrogen-bond donors (Lipinski definition) is 1. The number of anilines is 1. The summed E-state index contributed by atoms with van der Waals surface area (Å²) >= 11 is 0. The number of nitrogen functional groups attached to an aromatic ring is 1. The zero-order valence-corrected chi connectivity index (χ0v) is 11.8. The molecule has 0 aliphatic heterocycles. The molecule has 4 heteroatoms. The summed E-state index contributed by atoms with van der Waals surface area (Å²) in [5.41, 5.74) is 7.67. The first-order valence-corrected chi connectivity index (χ1v) is 6.90. The van der Waals surface area contributed by atoms with Crippen LogP contribution in [0.1, 0.15) is 38.7 Å². The minimum atomic E-state index is 0.207. The Balaban J connectivity index is 2.32. The lowest BCUT2D eigenvalue weighted by atomic mass is 10.0. The summed E-state index contributed by atoms with van der Waals surface area (Å²) in [6.07, 6.45) is 5.33. The first-order valence-electron chi connectivity index (χ1n) is 6.90. The van der Waals surface area contributed by atoms with Gasteiger partial charge in [-0.1, -0.05) is 32.4 Å². The lowest BCUT2D eigenvalue weighted by Crippen LogP contribution is -2.08. The molecule has 4 nitrogen and oxygen atoms in total. The summed E-state index contributed by atoms with van der Waals surface area (Å²) < 4.78 is 0. The number of nitrogens with two attached hydrogens (primary N) is 1. The molecule has 0 aliphatic carbocycles. The Morgan fingerprint density at radius 3 is 2.63 bits per heavy atom. The van der Waals surface area contributed by atoms with Crippen molar-refractivity contribution in [2.45, 2.75) is 45.6 Å². The Morgan fingerprint density at radius 1 is 1.26 bits per heavy atom. The quantitative estimate of drug-likeness (QED) is 0.186. The lowest BCUT2D eigenvalue weighted by molar-refractivity contribution is -0.217. The number of rotatable bonds is 9. The number of benzene rings is 1. The summed E-state index contributed by atoms with van der Waals surface area (Å²) in [6, 6.07) is 8.10. The van der Waals surface area contributed by atoms with Crippen LogP contribution < -0.4 is 5.73 Å². The standard InChI is InChI=1S/C15H24N2O2/c1-3-5-10-18-19-12-17-15(4-2)11-13-6-8-14(16)9-7-13/h6-9,12,15H,3-5,10-11,16H2,1-2H3/t15-/m0/s1. The third-order valence-electron chi connectivity index (χ3n) is 2.89. The monoisotopic (exact) mass is 264 g/mol. The van der Waals surface area contributed by atoms with Crippen LogP contribution in [0, 0.1) is 0 Å². The molecule has 106 valence electrons. The van der Waals surface area contributed by atoms with Crippen molar-refractivity contribution >= 4 is 12.1 Å². The van der Waals surface area contributed by atoms with E-state index < -0.39 is 0 Å². The maximum absolute atomic E-state index is 5.66. The van der Waals surface area contributed by atoms with Gasteiger partial charge in [0.15, 0.2) is 0 Å². The first kappa shape index (κ1) is 15.5. The molecule has 19 heavy (non-hydrogen) atoms. The smallest absolute Gasteiger partial charge is 0.215 e. The van der Waals surface area contributed by atoms with Crippen molar-refractivity contribution in [2.75, 3.05) is 12.3 Å². The SMILES string of the molecule is CCCCOOC=N[C@@H](CC)Cc1ccc(N)cc1. The minimum absolute atomic E-state index is 0.207. The van der Waals surface area contributed by atoms with Gasteiger partial charge < -0.3 is 10.6 Å². The topological polar surface area (TPSA) is 56.8 Å². The molecule has 0 fully saturated rings. The van der Waals surface area contributed by atoms with Gasteiger partial charge in [-0.05, 0) is 37.0 Å². The average molecular weight is 264 g/mol. The van der Waals surface area contributed by atoms with Crippen LogP contribution in [0.25, 0.3) is 0 Å². The second-order valence-electron chi connectivity index (χ2n) is 4.53. The van der Waals surface area contributed by atoms with Crippen molar-refractivity contribution in [3.63, 3.8) is 0 Å². The highest BCUT2D eigenvalue weighted by atomic mass is 17.2. The van der Waals surface area contributed by atoms with Crippen molar-refractivity contribution in [3.8, 4) is 0 Å². The summed E-state index contributed by atoms with van der Waals surface area (Å²) in [6.45, 7) is 4.83. The molecule has 1 atom stereocenters. The van der Waals surface area contributed by atoms with Crippen LogP contribution in [-0.2, 0) is 16.2 Å². The Kier molecular flexibility index (Phi) is 7.66. The molecular formula is C15H24N2O2. The van der Waals surface area contributed by atoms with E-state index in [2.05, 4.69) is 18.8 Å². The largest absolute Gasteiger partial charge is 0.399 e. The van der Waals surface area contributed by atoms with E-state index in [0.29, 0.717) is 6.61 Å². The highest BCUT2D eigenvalue weighted by Crippen LogP contribution is 2.11. The van der Waals surface area contributed by atoms with Gasteiger partial charge in [0.1, 0.15) is 0 Å². The summed E-state index contributed by atoms with van der Waals surface area (Å²) in [4.78, 5) is 14.2. The van der Waals surface area contributed by atoms with Crippen LogP contribution in [0.2, 0.25) is 0 Å². The van der Waals surface area contributed by atoms with Crippen LogP contribution in [0.15, 0.2) is 29.3 Å². The molecule has 0 amide bonds. The molecule has 2 N–H and O–H groups in total. The maximum Gasteiger partial charge on any atom is 0.215 e. The van der Waals surface area contributed by atoms with E-state index in [1.165, 1.54) is 12.0 Å². The molecular weight excluding hydrogens is 240 g/mol. The van der Waals surface area contributed by atoms with Gasteiger partial charge in [0, 0.05) is 5.69 Å². The zero-order valence-electron chi connectivity index (χ0n) is 11.8. The van der Waals surface area contributed by atoms with E-state index >= 15 is 0 Å². The van der Waals surface area contributed by atoms with Crippen LogP contribution >= 0.6 is 0 Å². The fraction of sp³-hybridized carbons (Fsp3) is 0.533. The Hall–Kier alpha value is -1.55. The van der Waals surface area contributed by atoms with Gasteiger partial charge in [-0.2, -0.15) is 4.89 Å². The van der Waals surface area contributed by atoms with E-state index in [-0.39, 0.29) is 6.04 Å².